The summed E-state index contributed by atoms with van der Waals surface area (Å²) in [7, 11) is 0. The van der Waals surface area contributed by atoms with Gasteiger partial charge in [-0.3, -0.25) is 0 Å². The predicted molar refractivity (Wildman–Crippen MR) is 53.7 cm³/mol. The Labute approximate surface area is 83.6 Å². The van der Waals surface area contributed by atoms with Crippen LogP contribution in [0.4, 0.5) is 4.39 Å². The molecule has 0 spiro atoms. The molecule has 1 N–H and O–H groups in total. The average Bonchev–Trinajstić information content (AvgIpc) is 2.84. The van der Waals surface area contributed by atoms with Crippen molar-refractivity contribution in [2.45, 2.75) is 38.0 Å². The van der Waals surface area contributed by atoms with Crippen LogP contribution in [-0.4, -0.2) is 5.11 Å². The monoisotopic (exact) mass is 194 g/mol. The minimum atomic E-state index is -1.30. The summed E-state index contributed by atoms with van der Waals surface area (Å²) in [5.74, 6) is 0. The fraction of sp³-hybridized carbons (Fsp3) is 0.500. The third-order valence-corrected chi connectivity index (χ3v) is 2.83. The van der Waals surface area contributed by atoms with Crippen LogP contribution >= 0.6 is 0 Å². The normalized spacial score (nSPS) is 19.4. The molecule has 0 aliphatic heterocycles. The molecule has 0 amide bonds. The topological polar surface area (TPSA) is 20.2 Å². The van der Waals surface area contributed by atoms with E-state index in [0.717, 1.165) is 18.4 Å². The maximum Gasteiger partial charge on any atom is 0.130 e. The van der Waals surface area contributed by atoms with Gasteiger partial charge in [0.05, 0.1) is 5.60 Å². The van der Waals surface area contributed by atoms with Crippen LogP contribution in [0.2, 0.25) is 0 Å². The van der Waals surface area contributed by atoms with Crippen LogP contribution in [0.3, 0.4) is 0 Å². The lowest BCUT2D eigenvalue weighted by atomic mass is 9.97. The van der Waals surface area contributed by atoms with Gasteiger partial charge in [-0.05, 0) is 37.8 Å². The molecule has 0 saturated heterocycles. The Balaban J connectivity index is 2.27. The van der Waals surface area contributed by atoms with Crippen LogP contribution in [0, 0.1) is 0 Å². The molecule has 1 aliphatic rings. The largest absolute Gasteiger partial charge is 0.385 e. The second-order valence-electron chi connectivity index (χ2n) is 4.58. The maximum absolute atomic E-state index is 13.5. The van der Waals surface area contributed by atoms with Gasteiger partial charge in [0.15, 0.2) is 0 Å². The van der Waals surface area contributed by atoms with Crippen LogP contribution in [0.1, 0.15) is 37.8 Å². The molecule has 76 valence electrons. The summed E-state index contributed by atoms with van der Waals surface area (Å²) < 4.78 is 13.5. The molecule has 2 heteroatoms. The zero-order valence-electron chi connectivity index (χ0n) is 8.55. The number of hydrogen-bond acceptors (Lipinski definition) is 1. The van der Waals surface area contributed by atoms with Crippen molar-refractivity contribution < 1.29 is 9.50 Å². The fourth-order valence-electron chi connectivity index (χ4n) is 1.58. The van der Waals surface area contributed by atoms with Crippen molar-refractivity contribution in [1.82, 2.24) is 0 Å². The Morgan fingerprint density at radius 1 is 1.21 bits per heavy atom. The van der Waals surface area contributed by atoms with Gasteiger partial charge in [-0.1, -0.05) is 24.3 Å². The molecule has 14 heavy (non-hydrogen) atoms. The average molecular weight is 194 g/mol. The fourth-order valence-corrected chi connectivity index (χ4v) is 1.58. The first-order valence-corrected chi connectivity index (χ1v) is 4.94. The molecule has 1 aromatic rings. The molecular formula is C12H15FO. The Morgan fingerprint density at radius 2 is 1.71 bits per heavy atom. The summed E-state index contributed by atoms with van der Waals surface area (Å²) in [5.41, 5.74) is -0.347. The molecule has 0 unspecified atom stereocenters. The smallest absolute Gasteiger partial charge is 0.130 e. The third kappa shape index (κ3) is 1.67. The van der Waals surface area contributed by atoms with Crippen LogP contribution in [0.15, 0.2) is 24.3 Å². The highest BCUT2D eigenvalue weighted by molar-refractivity contribution is 5.32. The summed E-state index contributed by atoms with van der Waals surface area (Å²) >= 11 is 0. The Kier molecular flexibility index (Phi) is 1.93. The van der Waals surface area contributed by atoms with E-state index in [1.54, 1.807) is 12.1 Å². The van der Waals surface area contributed by atoms with E-state index < -0.39 is 11.3 Å². The van der Waals surface area contributed by atoms with Crippen LogP contribution in [0.5, 0.6) is 0 Å². The van der Waals surface area contributed by atoms with E-state index in [1.165, 1.54) is 13.8 Å². The molecule has 1 fully saturated rings. The molecule has 1 saturated carbocycles. The molecule has 0 aromatic heterocycles. The first kappa shape index (κ1) is 9.66. The van der Waals surface area contributed by atoms with Crippen molar-refractivity contribution in [2.24, 2.45) is 0 Å². The number of halogens is 1. The predicted octanol–water partition coefficient (Wildman–Crippen LogP) is 2.87. The number of aliphatic hydroxyl groups is 1. The van der Waals surface area contributed by atoms with Crippen molar-refractivity contribution in [3.05, 3.63) is 35.4 Å². The van der Waals surface area contributed by atoms with Crippen LogP contribution < -0.4 is 0 Å². The van der Waals surface area contributed by atoms with E-state index in [2.05, 4.69) is 0 Å². The highest BCUT2D eigenvalue weighted by Crippen LogP contribution is 2.45. The zero-order valence-corrected chi connectivity index (χ0v) is 8.55. The van der Waals surface area contributed by atoms with Gasteiger partial charge in [-0.15, -0.1) is 0 Å². The Bertz CT molecular complexity index is 306. The standard InChI is InChI=1S/C12H15FO/c1-11(2,13)9-3-5-10(6-4-9)12(14)7-8-12/h3-6,14H,7-8H2,1-2H3. The lowest BCUT2D eigenvalue weighted by molar-refractivity contribution is 0.151. The van der Waals surface area contributed by atoms with Crippen molar-refractivity contribution in [1.29, 1.82) is 0 Å². The van der Waals surface area contributed by atoms with Crippen molar-refractivity contribution in [3.63, 3.8) is 0 Å². The zero-order chi connectivity index (χ0) is 10.4. The first-order chi connectivity index (χ1) is 6.42. The highest BCUT2D eigenvalue weighted by Gasteiger charge is 2.42. The van der Waals surface area contributed by atoms with Crippen LogP contribution in [-0.2, 0) is 11.3 Å². The molecule has 1 aromatic carbocycles. The van der Waals surface area contributed by atoms with Gasteiger partial charge in [-0.2, -0.15) is 0 Å². The molecule has 0 heterocycles. The summed E-state index contributed by atoms with van der Waals surface area (Å²) in [6.07, 6.45) is 1.65. The summed E-state index contributed by atoms with van der Waals surface area (Å²) in [5, 5.41) is 9.80. The first-order valence-electron chi connectivity index (χ1n) is 4.94. The number of alkyl halides is 1. The molecule has 2 rings (SSSR count). The van der Waals surface area contributed by atoms with Gasteiger partial charge in [0.25, 0.3) is 0 Å². The minimum absolute atomic E-state index is 0.612. The number of benzene rings is 1. The van der Waals surface area contributed by atoms with Crippen molar-refractivity contribution in [2.75, 3.05) is 0 Å². The van der Waals surface area contributed by atoms with Crippen molar-refractivity contribution >= 4 is 0 Å². The molecule has 0 bridgehead atoms. The van der Waals surface area contributed by atoms with Crippen LogP contribution in [0.25, 0.3) is 0 Å². The number of rotatable bonds is 2. The lowest BCUT2D eigenvalue weighted by Gasteiger charge is -2.16. The lowest BCUT2D eigenvalue weighted by Crippen LogP contribution is -2.10. The van der Waals surface area contributed by atoms with E-state index in [0.29, 0.717) is 5.56 Å². The number of hydrogen-bond donors (Lipinski definition) is 1. The van der Waals surface area contributed by atoms with Gasteiger partial charge in [0, 0.05) is 0 Å². The molecule has 1 nitrogen and oxygen atoms in total. The van der Waals surface area contributed by atoms with Gasteiger partial charge in [-0.25, -0.2) is 4.39 Å². The second kappa shape index (κ2) is 2.80. The van der Waals surface area contributed by atoms with E-state index >= 15 is 0 Å². The summed E-state index contributed by atoms with van der Waals surface area (Å²) in [6.45, 7) is 3.07. The third-order valence-electron chi connectivity index (χ3n) is 2.83. The SMILES string of the molecule is CC(C)(F)c1ccc(C2(O)CC2)cc1. The van der Waals surface area contributed by atoms with Gasteiger partial charge >= 0.3 is 0 Å². The van der Waals surface area contributed by atoms with E-state index in [4.69, 9.17) is 0 Å². The summed E-state index contributed by atoms with van der Waals surface area (Å²) in [6, 6.07) is 7.16. The van der Waals surface area contributed by atoms with Gasteiger partial charge in [0.1, 0.15) is 5.67 Å². The second-order valence-corrected chi connectivity index (χ2v) is 4.58. The van der Waals surface area contributed by atoms with E-state index in [-0.39, 0.29) is 0 Å². The Hall–Kier alpha value is -0.890. The van der Waals surface area contributed by atoms with Gasteiger partial charge < -0.3 is 5.11 Å². The molecule has 0 atom stereocenters. The summed E-state index contributed by atoms with van der Waals surface area (Å²) in [4.78, 5) is 0. The maximum atomic E-state index is 13.5. The quantitative estimate of drug-likeness (QED) is 0.767. The molecular weight excluding hydrogens is 179 g/mol. The molecule has 0 radical (unpaired) electrons. The van der Waals surface area contributed by atoms with E-state index in [1.807, 2.05) is 12.1 Å². The molecule has 1 aliphatic carbocycles. The van der Waals surface area contributed by atoms with Gasteiger partial charge in [0.2, 0.25) is 0 Å². The van der Waals surface area contributed by atoms with E-state index in [9.17, 15) is 9.50 Å². The van der Waals surface area contributed by atoms with Crippen molar-refractivity contribution in [3.8, 4) is 0 Å². The Morgan fingerprint density at radius 3 is 2.07 bits per heavy atom. The highest BCUT2D eigenvalue weighted by atomic mass is 19.1. The minimum Gasteiger partial charge on any atom is -0.385 e.